The molecule has 0 saturated heterocycles. The minimum absolute atomic E-state index is 0.0394. The smallest absolute Gasteiger partial charge is 0.243 e. The molecule has 7 nitrogen and oxygen atoms in total. The van der Waals surface area contributed by atoms with Crippen LogP contribution in [0.4, 0.5) is 4.39 Å². The van der Waals surface area contributed by atoms with Gasteiger partial charge >= 0.3 is 0 Å². The minimum atomic E-state index is -3.69. The normalized spacial score (nSPS) is 13.0. The topological polar surface area (TPSA) is 86.8 Å². The Kier molecular flexibility index (Phi) is 11.4. The van der Waals surface area contributed by atoms with Gasteiger partial charge in [0, 0.05) is 39.0 Å². The van der Waals surface area contributed by atoms with Crippen LogP contribution in [-0.2, 0) is 32.6 Å². The molecule has 9 heteroatoms. The first kappa shape index (κ1) is 31.0. The van der Waals surface area contributed by atoms with Crippen LogP contribution in [-0.4, -0.2) is 55.1 Å². The summed E-state index contributed by atoms with van der Waals surface area (Å²) < 4.78 is 40.6. The fraction of sp³-hybridized carbons (Fsp3) is 0.355. The average molecular weight is 568 g/mol. The second-order valence-corrected chi connectivity index (χ2v) is 12.0. The van der Waals surface area contributed by atoms with Crippen molar-refractivity contribution in [3.8, 4) is 0 Å². The van der Waals surface area contributed by atoms with E-state index in [-0.39, 0.29) is 54.5 Å². The summed E-state index contributed by atoms with van der Waals surface area (Å²) in [5.74, 6) is -0.938. The van der Waals surface area contributed by atoms with E-state index in [1.165, 1.54) is 40.5 Å². The molecule has 0 aliphatic heterocycles. The van der Waals surface area contributed by atoms with Crippen molar-refractivity contribution in [2.75, 3.05) is 13.6 Å². The minimum Gasteiger partial charge on any atom is -0.352 e. The van der Waals surface area contributed by atoms with Gasteiger partial charge in [-0.3, -0.25) is 9.59 Å². The highest BCUT2D eigenvalue weighted by Gasteiger charge is 2.31. The van der Waals surface area contributed by atoms with E-state index in [1.54, 1.807) is 30.3 Å². The van der Waals surface area contributed by atoms with Gasteiger partial charge in [-0.1, -0.05) is 67.6 Å². The molecule has 0 unspecified atom stereocenters. The summed E-state index contributed by atoms with van der Waals surface area (Å²) in [5.41, 5.74) is 1.59. The number of amides is 2. The molecule has 0 fully saturated rings. The van der Waals surface area contributed by atoms with Gasteiger partial charge in [-0.15, -0.1) is 0 Å². The lowest BCUT2D eigenvalue weighted by Crippen LogP contribution is -2.52. The fourth-order valence-corrected chi connectivity index (χ4v) is 5.50. The summed E-state index contributed by atoms with van der Waals surface area (Å²) in [5, 5.41) is 3.01. The lowest BCUT2D eigenvalue weighted by molar-refractivity contribution is -0.141. The van der Waals surface area contributed by atoms with Crippen molar-refractivity contribution < 1.29 is 22.4 Å². The van der Waals surface area contributed by atoms with Crippen LogP contribution in [0.2, 0.25) is 0 Å². The van der Waals surface area contributed by atoms with Crippen LogP contribution in [0.15, 0.2) is 89.8 Å². The molecule has 0 aliphatic rings. The van der Waals surface area contributed by atoms with Crippen LogP contribution in [0.1, 0.15) is 44.2 Å². The van der Waals surface area contributed by atoms with Crippen LogP contribution in [0, 0.1) is 5.82 Å². The summed E-state index contributed by atoms with van der Waals surface area (Å²) in [6.07, 6.45) is 1.35. The first-order valence-electron chi connectivity index (χ1n) is 13.5. The maximum atomic E-state index is 13.7. The first-order valence-corrected chi connectivity index (χ1v) is 15.0. The number of nitrogens with zero attached hydrogens (tertiary/aromatic N) is 2. The highest BCUT2D eigenvalue weighted by atomic mass is 32.2. The molecule has 0 heterocycles. The number of hydrogen-bond acceptors (Lipinski definition) is 4. The molecule has 0 bridgehead atoms. The lowest BCUT2D eigenvalue weighted by Gasteiger charge is -2.32. The number of nitrogens with one attached hydrogen (secondary N) is 1. The number of rotatable bonds is 14. The van der Waals surface area contributed by atoms with Gasteiger partial charge in [0.2, 0.25) is 21.8 Å². The van der Waals surface area contributed by atoms with Crippen molar-refractivity contribution in [3.63, 3.8) is 0 Å². The molecule has 0 radical (unpaired) electrons. The molecule has 1 N–H and O–H groups in total. The van der Waals surface area contributed by atoms with Crippen LogP contribution < -0.4 is 5.32 Å². The van der Waals surface area contributed by atoms with Crippen LogP contribution >= 0.6 is 0 Å². The van der Waals surface area contributed by atoms with Crippen molar-refractivity contribution in [3.05, 3.63) is 102 Å². The fourth-order valence-electron chi connectivity index (χ4n) is 4.27. The number of halogens is 1. The standard InChI is InChI=1S/C31H38FN3O4S/c1-4-24(2)33-31(37)29(22-25-12-7-5-8-13-25)35(23-26-17-19-27(32)20-18-26)30(36)16-11-21-34(3)40(38,39)28-14-9-6-10-15-28/h5-10,12-15,17-20,24,29H,4,11,16,21-23H2,1-3H3,(H,33,37)/t24-,29-/m0/s1. The Morgan fingerprint density at radius 1 is 0.900 bits per heavy atom. The van der Waals surface area contributed by atoms with E-state index in [2.05, 4.69) is 5.32 Å². The van der Waals surface area contributed by atoms with E-state index < -0.39 is 16.1 Å². The van der Waals surface area contributed by atoms with Gasteiger partial charge in [-0.25, -0.2) is 17.1 Å². The summed E-state index contributed by atoms with van der Waals surface area (Å²) in [6.45, 7) is 4.13. The molecule has 0 aliphatic carbocycles. The van der Waals surface area contributed by atoms with E-state index >= 15 is 0 Å². The van der Waals surface area contributed by atoms with Gasteiger partial charge < -0.3 is 10.2 Å². The number of benzene rings is 3. The molecule has 2 amide bonds. The number of sulfonamides is 1. The number of hydrogen-bond donors (Lipinski definition) is 1. The molecule has 0 saturated carbocycles. The van der Waals surface area contributed by atoms with Crippen molar-refractivity contribution in [2.24, 2.45) is 0 Å². The van der Waals surface area contributed by atoms with Crippen LogP contribution in [0.25, 0.3) is 0 Å². The predicted octanol–water partition coefficient (Wildman–Crippen LogP) is 4.78. The first-order chi connectivity index (χ1) is 19.1. The maximum absolute atomic E-state index is 13.7. The molecular weight excluding hydrogens is 529 g/mol. The monoisotopic (exact) mass is 567 g/mol. The van der Waals surface area contributed by atoms with Crippen LogP contribution in [0.3, 0.4) is 0 Å². The third-order valence-corrected chi connectivity index (χ3v) is 8.72. The van der Waals surface area contributed by atoms with Gasteiger partial charge in [0.25, 0.3) is 0 Å². The van der Waals surface area contributed by atoms with Crippen molar-refractivity contribution >= 4 is 21.8 Å². The van der Waals surface area contributed by atoms with Gasteiger partial charge in [0.15, 0.2) is 0 Å². The number of carbonyl (C=O) groups excluding carboxylic acids is 2. The molecule has 40 heavy (non-hydrogen) atoms. The number of carbonyl (C=O) groups is 2. The zero-order valence-electron chi connectivity index (χ0n) is 23.3. The zero-order chi connectivity index (χ0) is 29.1. The highest BCUT2D eigenvalue weighted by Crippen LogP contribution is 2.19. The zero-order valence-corrected chi connectivity index (χ0v) is 24.1. The van der Waals surface area contributed by atoms with E-state index in [0.29, 0.717) is 12.0 Å². The summed E-state index contributed by atoms with van der Waals surface area (Å²) in [4.78, 5) is 29.0. The molecule has 3 aromatic carbocycles. The second kappa shape index (κ2) is 14.7. The maximum Gasteiger partial charge on any atom is 0.243 e. The predicted molar refractivity (Wildman–Crippen MR) is 154 cm³/mol. The Balaban J connectivity index is 1.83. The molecule has 0 spiro atoms. The van der Waals surface area contributed by atoms with E-state index in [1.807, 2.05) is 44.2 Å². The highest BCUT2D eigenvalue weighted by molar-refractivity contribution is 7.89. The largest absolute Gasteiger partial charge is 0.352 e. The van der Waals surface area contributed by atoms with Crippen LogP contribution in [0.5, 0.6) is 0 Å². The van der Waals surface area contributed by atoms with Gasteiger partial charge in [0.05, 0.1) is 4.90 Å². The summed E-state index contributed by atoms with van der Waals surface area (Å²) >= 11 is 0. The lowest BCUT2D eigenvalue weighted by atomic mass is 10.0. The van der Waals surface area contributed by atoms with Gasteiger partial charge in [-0.05, 0) is 55.2 Å². The quantitative estimate of drug-likeness (QED) is 0.304. The molecule has 2 atom stereocenters. The van der Waals surface area contributed by atoms with Crippen molar-refractivity contribution in [1.29, 1.82) is 0 Å². The Morgan fingerprint density at radius 3 is 2.10 bits per heavy atom. The molecule has 3 rings (SSSR count). The SMILES string of the molecule is CC[C@H](C)NC(=O)[C@H](Cc1ccccc1)N(Cc1ccc(F)cc1)C(=O)CCCN(C)S(=O)(=O)c1ccccc1. The van der Waals surface area contributed by atoms with E-state index in [0.717, 1.165) is 12.0 Å². The molecule has 214 valence electrons. The molecule has 0 aromatic heterocycles. The summed E-state index contributed by atoms with van der Waals surface area (Å²) in [6, 6.07) is 22.6. The van der Waals surface area contributed by atoms with Gasteiger partial charge in [-0.2, -0.15) is 0 Å². The molecular formula is C31H38FN3O4S. The molecule has 3 aromatic rings. The third-order valence-electron chi connectivity index (χ3n) is 6.85. The second-order valence-electron chi connectivity index (χ2n) is 9.91. The Bertz CT molecular complexity index is 1340. The third kappa shape index (κ3) is 8.72. The van der Waals surface area contributed by atoms with Gasteiger partial charge in [0.1, 0.15) is 11.9 Å². The summed E-state index contributed by atoms with van der Waals surface area (Å²) in [7, 11) is -2.20. The Morgan fingerprint density at radius 2 is 1.50 bits per heavy atom. The van der Waals surface area contributed by atoms with E-state index in [9.17, 15) is 22.4 Å². The Hall–Kier alpha value is -3.56. The van der Waals surface area contributed by atoms with E-state index in [4.69, 9.17) is 0 Å². The van der Waals surface area contributed by atoms with Crippen molar-refractivity contribution in [2.45, 2.75) is 63.1 Å². The van der Waals surface area contributed by atoms with Crippen molar-refractivity contribution in [1.82, 2.24) is 14.5 Å². The average Bonchev–Trinajstić information content (AvgIpc) is 2.96. The Labute approximate surface area is 237 Å².